The Bertz CT molecular complexity index is 772. The number of sulfonamides is 1. The van der Waals surface area contributed by atoms with E-state index in [9.17, 15) is 22.4 Å². The molecule has 2 fully saturated rings. The maximum atomic E-state index is 13.0. The maximum absolute atomic E-state index is 13.0. The molecule has 26 heavy (non-hydrogen) atoms. The van der Waals surface area contributed by atoms with E-state index in [1.807, 2.05) is 0 Å². The van der Waals surface area contributed by atoms with Crippen molar-refractivity contribution in [3.63, 3.8) is 0 Å². The predicted molar refractivity (Wildman–Crippen MR) is 91.3 cm³/mol. The Balaban J connectivity index is 1.48. The average Bonchev–Trinajstić information content (AvgIpc) is 3.39. The van der Waals surface area contributed by atoms with Crippen LogP contribution < -0.4 is 10.6 Å². The first-order valence-electron chi connectivity index (χ1n) is 8.43. The highest BCUT2D eigenvalue weighted by Crippen LogP contribution is 2.19. The first-order valence-corrected chi connectivity index (χ1v) is 9.87. The summed E-state index contributed by atoms with van der Waals surface area (Å²) in [5, 5.41) is 4.94. The summed E-state index contributed by atoms with van der Waals surface area (Å²) in [5.74, 6) is -0.913. The van der Waals surface area contributed by atoms with Crippen LogP contribution >= 0.6 is 0 Å². The van der Waals surface area contributed by atoms with Gasteiger partial charge in [0.2, 0.25) is 15.9 Å². The lowest BCUT2D eigenvalue weighted by Gasteiger charge is -2.33. The molecule has 1 aromatic rings. The number of carbonyl (C=O) groups is 2. The normalized spacial score (nSPS) is 19.1. The Morgan fingerprint density at radius 1 is 1.08 bits per heavy atom. The van der Waals surface area contributed by atoms with Gasteiger partial charge in [-0.1, -0.05) is 0 Å². The first-order chi connectivity index (χ1) is 12.3. The molecule has 0 radical (unpaired) electrons. The van der Waals surface area contributed by atoms with E-state index >= 15 is 0 Å². The number of hydrogen-bond acceptors (Lipinski definition) is 5. The van der Waals surface area contributed by atoms with Crippen LogP contribution in [0.15, 0.2) is 29.2 Å². The Morgan fingerprint density at radius 3 is 2.27 bits per heavy atom. The van der Waals surface area contributed by atoms with Crippen LogP contribution in [0.2, 0.25) is 0 Å². The van der Waals surface area contributed by atoms with Crippen molar-refractivity contribution >= 4 is 22.0 Å². The van der Waals surface area contributed by atoms with Crippen LogP contribution in [0, 0.1) is 5.82 Å². The molecular weight excluding hydrogens is 363 g/mol. The molecule has 0 bridgehead atoms. The molecule has 2 N–H and O–H groups in total. The van der Waals surface area contributed by atoms with Gasteiger partial charge in [0.05, 0.1) is 11.4 Å². The van der Waals surface area contributed by atoms with Crippen molar-refractivity contribution in [2.24, 2.45) is 0 Å². The zero-order valence-electron chi connectivity index (χ0n) is 14.2. The van der Waals surface area contributed by atoms with Crippen LogP contribution in [0.3, 0.4) is 0 Å². The van der Waals surface area contributed by atoms with Crippen molar-refractivity contribution in [1.82, 2.24) is 19.8 Å². The van der Waals surface area contributed by atoms with Crippen LogP contribution in [0.4, 0.5) is 9.18 Å². The zero-order valence-corrected chi connectivity index (χ0v) is 15.0. The molecule has 3 rings (SSSR count). The molecular formula is C16H21FN4O4S. The summed E-state index contributed by atoms with van der Waals surface area (Å²) < 4.78 is 39.4. The molecule has 0 unspecified atom stereocenters. The zero-order chi connectivity index (χ0) is 18.7. The fraction of sp³-hybridized carbons (Fsp3) is 0.500. The molecule has 1 aliphatic carbocycles. The number of carbonyl (C=O) groups excluding carboxylic acids is 2. The van der Waals surface area contributed by atoms with E-state index in [1.165, 1.54) is 16.4 Å². The number of imide groups is 1. The molecule has 0 aromatic heterocycles. The van der Waals surface area contributed by atoms with E-state index in [1.54, 1.807) is 4.90 Å². The third kappa shape index (κ3) is 4.77. The lowest BCUT2D eigenvalue weighted by molar-refractivity contribution is -0.121. The quantitative estimate of drug-likeness (QED) is 0.751. The summed E-state index contributed by atoms with van der Waals surface area (Å²) in [6, 6.07) is 4.38. The summed E-state index contributed by atoms with van der Waals surface area (Å²) in [7, 11) is -3.68. The van der Waals surface area contributed by atoms with Crippen molar-refractivity contribution in [1.29, 1.82) is 0 Å². The SMILES string of the molecule is O=C(CN1CCN(S(=O)(=O)c2ccc(F)cc2)CC1)NC(=O)NC1CC1. The molecule has 1 heterocycles. The van der Waals surface area contributed by atoms with Crippen molar-refractivity contribution in [2.75, 3.05) is 32.7 Å². The summed E-state index contributed by atoms with van der Waals surface area (Å²) >= 11 is 0. The molecule has 0 atom stereocenters. The van der Waals surface area contributed by atoms with E-state index in [-0.39, 0.29) is 30.6 Å². The Labute approximate surface area is 151 Å². The third-order valence-electron chi connectivity index (χ3n) is 4.32. The summed E-state index contributed by atoms with van der Waals surface area (Å²) in [6.07, 6.45) is 1.87. The van der Waals surface area contributed by atoms with Gasteiger partial charge in [-0.25, -0.2) is 17.6 Å². The van der Waals surface area contributed by atoms with Crippen LogP contribution in [-0.2, 0) is 14.8 Å². The molecule has 3 amide bonds. The minimum Gasteiger partial charge on any atom is -0.335 e. The Hall–Kier alpha value is -2.04. The second-order valence-corrected chi connectivity index (χ2v) is 8.37. The van der Waals surface area contributed by atoms with Crippen molar-refractivity contribution in [3.05, 3.63) is 30.1 Å². The number of halogens is 1. The lowest BCUT2D eigenvalue weighted by Crippen LogP contribution is -2.52. The summed E-state index contributed by atoms with van der Waals surface area (Å²) in [5.41, 5.74) is 0. The van der Waals surface area contributed by atoms with Crippen molar-refractivity contribution in [2.45, 2.75) is 23.8 Å². The van der Waals surface area contributed by atoms with Crippen LogP contribution in [-0.4, -0.2) is 68.3 Å². The molecule has 10 heteroatoms. The minimum absolute atomic E-state index is 0.0303. The smallest absolute Gasteiger partial charge is 0.321 e. The number of hydrogen-bond donors (Lipinski definition) is 2. The fourth-order valence-electron chi connectivity index (χ4n) is 2.70. The monoisotopic (exact) mass is 384 g/mol. The summed E-state index contributed by atoms with van der Waals surface area (Å²) in [6.45, 7) is 1.22. The fourth-order valence-corrected chi connectivity index (χ4v) is 4.12. The topological polar surface area (TPSA) is 98.8 Å². The number of amides is 3. The third-order valence-corrected chi connectivity index (χ3v) is 6.23. The summed E-state index contributed by atoms with van der Waals surface area (Å²) in [4.78, 5) is 25.2. The highest BCUT2D eigenvalue weighted by Gasteiger charge is 2.29. The van der Waals surface area contributed by atoms with Gasteiger partial charge < -0.3 is 5.32 Å². The maximum Gasteiger partial charge on any atom is 0.321 e. The highest BCUT2D eigenvalue weighted by molar-refractivity contribution is 7.89. The second kappa shape index (κ2) is 7.68. The minimum atomic E-state index is -3.68. The molecule has 2 aliphatic rings. The van der Waals surface area contributed by atoms with E-state index in [4.69, 9.17) is 0 Å². The average molecular weight is 384 g/mol. The van der Waals surface area contributed by atoms with Gasteiger partial charge in [-0.3, -0.25) is 15.0 Å². The number of nitrogens with zero attached hydrogens (tertiary/aromatic N) is 2. The van der Waals surface area contributed by atoms with Gasteiger partial charge >= 0.3 is 6.03 Å². The van der Waals surface area contributed by atoms with E-state index in [0.29, 0.717) is 13.1 Å². The van der Waals surface area contributed by atoms with Gasteiger partial charge in [-0.15, -0.1) is 0 Å². The molecule has 8 nitrogen and oxygen atoms in total. The van der Waals surface area contributed by atoms with Crippen LogP contribution in [0.25, 0.3) is 0 Å². The molecule has 142 valence electrons. The largest absolute Gasteiger partial charge is 0.335 e. The van der Waals surface area contributed by atoms with Crippen LogP contribution in [0.5, 0.6) is 0 Å². The van der Waals surface area contributed by atoms with Gasteiger partial charge in [0, 0.05) is 32.2 Å². The van der Waals surface area contributed by atoms with E-state index < -0.39 is 27.8 Å². The number of urea groups is 1. The number of piperazine rings is 1. The molecule has 1 saturated heterocycles. The van der Waals surface area contributed by atoms with E-state index in [2.05, 4.69) is 10.6 Å². The van der Waals surface area contributed by atoms with Gasteiger partial charge in [-0.05, 0) is 37.1 Å². The molecule has 0 spiro atoms. The van der Waals surface area contributed by atoms with Crippen molar-refractivity contribution in [3.8, 4) is 0 Å². The predicted octanol–water partition coefficient (Wildman–Crippen LogP) is 0.120. The van der Waals surface area contributed by atoms with Crippen molar-refractivity contribution < 1.29 is 22.4 Å². The van der Waals surface area contributed by atoms with Crippen LogP contribution in [0.1, 0.15) is 12.8 Å². The first kappa shape index (κ1) is 18.7. The standard InChI is InChI=1S/C16H21FN4O4S/c17-12-1-5-14(6-2-12)26(24,25)21-9-7-20(8-10-21)11-15(22)19-16(23)18-13-3-4-13/h1-2,5-6,13H,3-4,7-11H2,(H2,18,19,22,23). The van der Waals surface area contributed by atoms with Gasteiger partial charge in [0.1, 0.15) is 5.82 Å². The van der Waals surface area contributed by atoms with Gasteiger partial charge in [-0.2, -0.15) is 4.31 Å². The molecule has 1 saturated carbocycles. The van der Waals surface area contributed by atoms with E-state index in [0.717, 1.165) is 25.0 Å². The number of nitrogens with one attached hydrogen (secondary N) is 2. The van der Waals surface area contributed by atoms with Gasteiger partial charge in [0.15, 0.2) is 0 Å². The Morgan fingerprint density at radius 2 is 1.69 bits per heavy atom. The lowest BCUT2D eigenvalue weighted by atomic mass is 10.3. The second-order valence-electron chi connectivity index (χ2n) is 6.43. The molecule has 1 aromatic carbocycles. The Kier molecular flexibility index (Phi) is 5.54. The number of rotatable bonds is 5. The number of benzene rings is 1. The molecule has 1 aliphatic heterocycles. The van der Waals surface area contributed by atoms with Gasteiger partial charge in [0.25, 0.3) is 0 Å². The highest BCUT2D eigenvalue weighted by atomic mass is 32.2.